The molecule has 5 nitrogen and oxygen atoms in total. The van der Waals surface area contributed by atoms with E-state index in [9.17, 15) is 4.79 Å². The zero-order valence-corrected chi connectivity index (χ0v) is 12.5. The van der Waals surface area contributed by atoms with Crippen LogP contribution in [-0.4, -0.2) is 63.4 Å². The van der Waals surface area contributed by atoms with Crippen LogP contribution in [-0.2, 0) is 14.3 Å². The maximum Gasteiger partial charge on any atom is 0.324 e. The smallest absolute Gasteiger partial charge is 0.324 e. The molecule has 0 aromatic rings. The minimum absolute atomic E-state index is 0.133. The number of rotatable bonds is 9. The summed E-state index contributed by atoms with van der Waals surface area (Å²) in [7, 11) is 1.74. The zero-order chi connectivity index (χ0) is 14.1. The molecule has 1 N–H and O–H groups in total. The fourth-order valence-corrected chi connectivity index (χ4v) is 2.49. The highest BCUT2D eigenvalue weighted by Crippen LogP contribution is 2.16. The molecule has 1 saturated heterocycles. The fourth-order valence-electron chi connectivity index (χ4n) is 2.49. The topological polar surface area (TPSA) is 50.8 Å². The molecule has 0 aliphatic carbocycles. The van der Waals surface area contributed by atoms with Gasteiger partial charge in [0.1, 0.15) is 6.04 Å². The summed E-state index contributed by atoms with van der Waals surface area (Å²) in [6.07, 6.45) is 2.17. The van der Waals surface area contributed by atoms with E-state index >= 15 is 0 Å². The van der Waals surface area contributed by atoms with Gasteiger partial charge in [-0.25, -0.2) is 0 Å². The van der Waals surface area contributed by atoms with E-state index in [1.165, 1.54) is 0 Å². The van der Waals surface area contributed by atoms with Crippen LogP contribution in [0.15, 0.2) is 0 Å². The molecule has 0 aromatic heterocycles. The lowest BCUT2D eigenvalue weighted by Gasteiger charge is -2.23. The lowest BCUT2D eigenvalue weighted by atomic mass is 10.1. The summed E-state index contributed by atoms with van der Waals surface area (Å²) in [6.45, 7) is 8.82. The van der Waals surface area contributed by atoms with E-state index in [4.69, 9.17) is 9.47 Å². The summed E-state index contributed by atoms with van der Waals surface area (Å²) >= 11 is 0. The Labute approximate surface area is 116 Å². The van der Waals surface area contributed by atoms with E-state index in [1.807, 2.05) is 6.92 Å². The van der Waals surface area contributed by atoms with Gasteiger partial charge in [-0.1, -0.05) is 6.92 Å². The average Bonchev–Trinajstić information content (AvgIpc) is 2.82. The van der Waals surface area contributed by atoms with Gasteiger partial charge in [0.2, 0.25) is 0 Å². The third-order valence-electron chi connectivity index (χ3n) is 3.42. The number of methoxy groups -OCH3 is 1. The van der Waals surface area contributed by atoms with E-state index in [0.717, 1.165) is 45.6 Å². The number of ether oxygens (including phenoxy) is 2. The third-order valence-corrected chi connectivity index (χ3v) is 3.42. The highest BCUT2D eigenvalue weighted by atomic mass is 16.5. The number of hydrogen-bond acceptors (Lipinski definition) is 5. The minimum atomic E-state index is -0.207. The van der Waals surface area contributed by atoms with Crippen LogP contribution in [0, 0.1) is 5.92 Å². The highest BCUT2D eigenvalue weighted by molar-refractivity contribution is 5.76. The molecule has 1 fully saturated rings. The molecule has 5 heteroatoms. The molecule has 1 aliphatic rings. The summed E-state index contributed by atoms with van der Waals surface area (Å²) in [5.74, 6) is 0.463. The highest BCUT2D eigenvalue weighted by Gasteiger charge is 2.27. The molecule has 2 atom stereocenters. The molecule has 1 rings (SSSR count). The maximum absolute atomic E-state index is 11.9. The lowest BCUT2D eigenvalue weighted by molar-refractivity contribution is -0.146. The molecular formula is C14H28N2O3. The molecule has 0 spiro atoms. The normalized spacial score (nSPS) is 21.5. The standard InChI is InChI=1S/C14H28N2O3/c1-4-7-15-13(14(17)19-5-2)10-16-8-6-12(9-16)11-18-3/h12-13,15H,4-11H2,1-3H3. The maximum atomic E-state index is 11.9. The van der Waals surface area contributed by atoms with Gasteiger partial charge < -0.3 is 19.7 Å². The molecule has 0 amide bonds. The Hall–Kier alpha value is -0.650. The van der Waals surface area contributed by atoms with Crippen molar-refractivity contribution in [3.05, 3.63) is 0 Å². The molecule has 19 heavy (non-hydrogen) atoms. The second-order valence-corrected chi connectivity index (χ2v) is 5.13. The summed E-state index contributed by atoms with van der Waals surface area (Å²) in [6, 6.07) is -0.207. The van der Waals surface area contributed by atoms with Gasteiger partial charge in [0.15, 0.2) is 0 Å². The number of esters is 1. The summed E-state index contributed by atoms with van der Waals surface area (Å²) in [4.78, 5) is 14.2. The number of likely N-dealkylation sites (tertiary alicyclic amines) is 1. The first-order valence-electron chi connectivity index (χ1n) is 7.32. The molecule has 0 radical (unpaired) electrons. The van der Waals surface area contributed by atoms with Crippen molar-refractivity contribution in [2.75, 3.05) is 46.5 Å². The Morgan fingerprint density at radius 1 is 1.47 bits per heavy atom. The van der Waals surface area contributed by atoms with Crippen molar-refractivity contribution in [2.45, 2.75) is 32.7 Å². The van der Waals surface area contributed by atoms with Gasteiger partial charge in [-0.2, -0.15) is 0 Å². The lowest BCUT2D eigenvalue weighted by Crippen LogP contribution is -2.46. The van der Waals surface area contributed by atoms with Crippen molar-refractivity contribution in [3.8, 4) is 0 Å². The quantitative estimate of drug-likeness (QED) is 0.632. The van der Waals surface area contributed by atoms with Crippen molar-refractivity contribution in [2.24, 2.45) is 5.92 Å². The average molecular weight is 272 g/mol. The first-order valence-corrected chi connectivity index (χ1v) is 7.32. The summed E-state index contributed by atoms with van der Waals surface area (Å²) < 4.78 is 10.3. The van der Waals surface area contributed by atoms with E-state index in [1.54, 1.807) is 7.11 Å². The number of nitrogens with one attached hydrogen (secondary N) is 1. The Morgan fingerprint density at radius 3 is 2.89 bits per heavy atom. The molecule has 0 aromatic carbocycles. The van der Waals surface area contributed by atoms with Crippen molar-refractivity contribution >= 4 is 5.97 Å². The predicted molar refractivity (Wildman–Crippen MR) is 75.1 cm³/mol. The van der Waals surface area contributed by atoms with Crippen molar-refractivity contribution < 1.29 is 14.3 Å². The van der Waals surface area contributed by atoms with E-state index < -0.39 is 0 Å². The van der Waals surface area contributed by atoms with Crippen molar-refractivity contribution in [1.82, 2.24) is 10.2 Å². The third kappa shape index (κ3) is 5.89. The number of nitrogens with zero attached hydrogens (tertiary/aromatic N) is 1. The van der Waals surface area contributed by atoms with E-state index in [-0.39, 0.29) is 12.0 Å². The van der Waals surface area contributed by atoms with Crippen LogP contribution in [0.25, 0.3) is 0 Å². The Morgan fingerprint density at radius 2 is 2.26 bits per heavy atom. The zero-order valence-electron chi connectivity index (χ0n) is 12.5. The predicted octanol–water partition coefficient (Wildman–Crippen LogP) is 0.886. The molecule has 1 aliphatic heterocycles. The van der Waals surface area contributed by atoms with Gasteiger partial charge in [0.25, 0.3) is 0 Å². The molecular weight excluding hydrogens is 244 g/mol. The Bertz CT molecular complexity index is 261. The molecule has 0 saturated carbocycles. The van der Waals surface area contributed by atoms with Crippen molar-refractivity contribution in [1.29, 1.82) is 0 Å². The summed E-state index contributed by atoms with van der Waals surface area (Å²) in [5.41, 5.74) is 0. The second kappa shape index (κ2) is 9.28. The second-order valence-electron chi connectivity index (χ2n) is 5.13. The number of hydrogen-bond donors (Lipinski definition) is 1. The Balaban J connectivity index is 2.41. The van der Waals surface area contributed by atoms with Gasteiger partial charge in [0.05, 0.1) is 13.2 Å². The molecule has 112 valence electrons. The van der Waals surface area contributed by atoms with Gasteiger partial charge in [-0.3, -0.25) is 4.79 Å². The molecule has 0 bridgehead atoms. The monoisotopic (exact) mass is 272 g/mol. The van der Waals surface area contributed by atoms with Crippen LogP contribution in [0.1, 0.15) is 26.7 Å². The molecule has 1 heterocycles. The van der Waals surface area contributed by atoms with Crippen LogP contribution >= 0.6 is 0 Å². The number of carbonyl (C=O) groups excluding carboxylic acids is 1. The van der Waals surface area contributed by atoms with Gasteiger partial charge in [-0.15, -0.1) is 0 Å². The van der Waals surface area contributed by atoms with Gasteiger partial charge in [-0.05, 0) is 38.8 Å². The van der Waals surface area contributed by atoms with E-state index in [0.29, 0.717) is 12.5 Å². The summed E-state index contributed by atoms with van der Waals surface area (Å²) in [5, 5.41) is 3.28. The van der Waals surface area contributed by atoms with Crippen LogP contribution in [0.5, 0.6) is 0 Å². The van der Waals surface area contributed by atoms with E-state index in [2.05, 4.69) is 17.1 Å². The van der Waals surface area contributed by atoms with Gasteiger partial charge in [0, 0.05) is 20.2 Å². The van der Waals surface area contributed by atoms with Crippen molar-refractivity contribution in [3.63, 3.8) is 0 Å². The van der Waals surface area contributed by atoms with Crippen LogP contribution in [0.4, 0.5) is 0 Å². The van der Waals surface area contributed by atoms with Crippen LogP contribution < -0.4 is 5.32 Å². The van der Waals surface area contributed by atoms with Crippen LogP contribution in [0.2, 0.25) is 0 Å². The fraction of sp³-hybridized carbons (Fsp3) is 0.929. The first kappa shape index (κ1) is 16.4. The largest absolute Gasteiger partial charge is 0.465 e. The minimum Gasteiger partial charge on any atom is -0.465 e. The SMILES string of the molecule is CCCNC(CN1CCC(COC)C1)C(=O)OCC. The number of carbonyl (C=O) groups is 1. The first-order chi connectivity index (χ1) is 9.21. The molecule has 2 unspecified atom stereocenters. The Kier molecular flexibility index (Phi) is 8.02. The van der Waals surface area contributed by atoms with Crippen LogP contribution in [0.3, 0.4) is 0 Å². The van der Waals surface area contributed by atoms with Gasteiger partial charge >= 0.3 is 5.97 Å².